The van der Waals surface area contributed by atoms with Crippen LogP contribution in [0.5, 0.6) is 5.75 Å². The third kappa shape index (κ3) is 5.38. The number of rotatable bonds is 7. The summed E-state index contributed by atoms with van der Waals surface area (Å²) in [6.07, 6.45) is -0.696. The number of hydrogen-bond acceptors (Lipinski definition) is 6. The van der Waals surface area contributed by atoms with Gasteiger partial charge in [0.05, 0.1) is 24.0 Å². The molecule has 0 radical (unpaired) electrons. The maximum atomic E-state index is 14.0. The van der Waals surface area contributed by atoms with Gasteiger partial charge in [-0.15, -0.1) is 0 Å². The monoisotopic (exact) mass is 571 g/mol. The van der Waals surface area contributed by atoms with Crippen LogP contribution in [0.2, 0.25) is 0 Å². The topological polar surface area (TPSA) is 74.6 Å². The molecule has 7 nitrogen and oxygen atoms in total. The second-order valence-electron chi connectivity index (χ2n) is 12.3. The van der Waals surface area contributed by atoms with Crippen molar-refractivity contribution in [2.45, 2.75) is 70.2 Å². The maximum absolute atomic E-state index is 14.0. The van der Waals surface area contributed by atoms with Crippen LogP contribution in [0.25, 0.3) is 11.1 Å². The normalized spacial score (nSPS) is 21.8. The molecule has 1 N–H and O–H groups in total. The molecule has 6 rings (SSSR count). The van der Waals surface area contributed by atoms with Crippen molar-refractivity contribution in [3.63, 3.8) is 0 Å². The van der Waals surface area contributed by atoms with E-state index in [2.05, 4.69) is 21.0 Å². The van der Waals surface area contributed by atoms with Crippen molar-refractivity contribution < 1.29 is 32.6 Å². The highest BCUT2D eigenvalue weighted by atomic mass is 19.4. The standard InChI is InChI=1S/C31H36F3N3O4/c1-3-40-25-15-20(14-23(21-8-9-21)27(25)22-6-4-5-7-24(22)31(32,33)34)17-36-18-30(19-36)16-26(35-41-30)37-12-10-29(2,11-13-37)28(38)39/h4-7,14-15,21H,3,8-13,16-19H2,1-2H3,(H,38,39). The minimum absolute atomic E-state index is 0.171. The van der Waals surface area contributed by atoms with Crippen molar-refractivity contribution in [2.24, 2.45) is 10.6 Å². The number of aliphatic carboxylic acids is 1. The van der Waals surface area contributed by atoms with Gasteiger partial charge in [0.2, 0.25) is 0 Å². The number of hydrogen-bond donors (Lipinski definition) is 1. The van der Waals surface area contributed by atoms with Crippen LogP contribution in [0.3, 0.4) is 0 Å². The van der Waals surface area contributed by atoms with Crippen LogP contribution in [0, 0.1) is 5.41 Å². The highest BCUT2D eigenvalue weighted by Crippen LogP contribution is 2.51. The molecule has 2 aromatic rings. The van der Waals surface area contributed by atoms with E-state index in [1.54, 1.807) is 19.1 Å². The van der Waals surface area contributed by atoms with Gasteiger partial charge in [-0.05, 0) is 74.3 Å². The molecule has 3 fully saturated rings. The van der Waals surface area contributed by atoms with E-state index in [9.17, 15) is 23.1 Å². The van der Waals surface area contributed by atoms with Crippen molar-refractivity contribution in [2.75, 3.05) is 32.8 Å². The first kappa shape index (κ1) is 27.9. The molecule has 2 saturated heterocycles. The van der Waals surface area contributed by atoms with Gasteiger partial charge < -0.3 is 19.6 Å². The molecule has 4 aliphatic rings. The van der Waals surface area contributed by atoms with Gasteiger partial charge in [0, 0.05) is 38.3 Å². The van der Waals surface area contributed by atoms with Gasteiger partial charge in [0.1, 0.15) is 11.6 Å². The zero-order valence-electron chi connectivity index (χ0n) is 23.5. The zero-order chi connectivity index (χ0) is 29.0. The molecule has 1 aliphatic carbocycles. The minimum Gasteiger partial charge on any atom is -0.493 e. The van der Waals surface area contributed by atoms with Crippen molar-refractivity contribution in [1.29, 1.82) is 0 Å². The predicted molar refractivity (Wildman–Crippen MR) is 148 cm³/mol. The number of amidine groups is 1. The fraction of sp³-hybridized carbons (Fsp3) is 0.548. The summed E-state index contributed by atoms with van der Waals surface area (Å²) in [5, 5.41) is 13.9. The fourth-order valence-electron chi connectivity index (χ4n) is 6.46. The summed E-state index contributed by atoms with van der Waals surface area (Å²) in [6.45, 7) is 7.35. The molecule has 0 atom stereocenters. The summed E-state index contributed by atoms with van der Waals surface area (Å²) in [4.78, 5) is 21.9. The Kier molecular flexibility index (Phi) is 6.95. The Morgan fingerprint density at radius 2 is 1.88 bits per heavy atom. The highest BCUT2D eigenvalue weighted by molar-refractivity contribution is 5.85. The smallest absolute Gasteiger partial charge is 0.417 e. The summed E-state index contributed by atoms with van der Waals surface area (Å²) in [7, 11) is 0. The third-order valence-electron chi connectivity index (χ3n) is 9.01. The molecule has 0 amide bonds. The summed E-state index contributed by atoms with van der Waals surface area (Å²) < 4.78 is 47.9. The number of ether oxygens (including phenoxy) is 1. The average molecular weight is 572 g/mol. The molecule has 41 heavy (non-hydrogen) atoms. The number of carboxylic acids is 1. The summed E-state index contributed by atoms with van der Waals surface area (Å²) >= 11 is 0. The van der Waals surface area contributed by atoms with Gasteiger partial charge in [-0.3, -0.25) is 9.69 Å². The first-order chi connectivity index (χ1) is 19.5. The number of carboxylic acid groups (broad SMARTS) is 1. The molecular weight excluding hydrogens is 535 g/mol. The van der Waals surface area contributed by atoms with E-state index in [4.69, 9.17) is 9.57 Å². The lowest BCUT2D eigenvalue weighted by molar-refractivity contribution is -0.150. The van der Waals surface area contributed by atoms with Crippen LogP contribution in [-0.2, 0) is 22.4 Å². The second kappa shape index (κ2) is 10.2. The Morgan fingerprint density at radius 3 is 2.51 bits per heavy atom. The number of likely N-dealkylation sites (tertiary alicyclic amines) is 2. The number of halogens is 3. The number of nitrogens with zero attached hydrogens (tertiary/aromatic N) is 3. The quantitative estimate of drug-likeness (QED) is 0.432. The van der Waals surface area contributed by atoms with Gasteiger partial charge >= 0.3 is 12.1 Å². The Morgan fingerprint density at radius 1 is 1.17 bits per heavy atom. The Bertz CT molecular complexity index is 1360. The predicted octanol–water partition coefficient (Wildman–Crippen LogP) is 6.12. The summed E-state index contributed by atoms with van der Waals surface area (Å²) in [5.74, 6) is 0.872. The highest BCUT2D eigenvalue weighted by Gasteiger charge is 2.51. The van der Waals surface area contributed by atoms with E-state index in [-0.39, 0.29) is 17.1 Å². The van der Waals surface area contributed by atoms with Gasteiger partial charge in [-0.1, -0.05) is 29.4 Å². The van der Waals surface area contributed by atoms with Gasteiger partial charge in [-0.25, -0.2) is 0 Å². The van der Waals surface area contributed by atoms with E-state index >= 15 is 0 Å². The molecule has 2 aromatic carbocycles. The van der Waals surface area contributed by atoms with Crippen molar-refractivity contribution >= 4 is 11.8 Å². The Balaban J connectivity index is 1.16. The fourth-order valence-corrected chi connectivity index (χ4v) is 6.46. The van der Waals surface area contributed by atoms with Crippen LogP contribution in [-0.4, -0.2) is 65.1 Å². The third-order valence-corrected chi connectivity index (χ3v) is 9.01. The SMILES string of the molecule is CCOc1cc(CN2CC3(CC(N4CCC(C)(C(=O)O)CC4)=NO3)C2)cc(C2CC2)c1-c1ccccc1C(F)(F)F. The zero-order valence-corrected chi connectivity index (χ0v) is 23.5. The maximum Gasteiger partial charge on any atom is 0.417 e. The largest absolute Gasteiger partial charge is 0.493 e. The van der Waals surface area contributed by atoms with Crippen molar-refractivity contribution in [3.8, 4) is 16.9 Å². The lowest BCUT2D eigenvalue weighted by Gasteiger charge is -2.46. The van der Waals surface area contributed by atoms with Gasteiger partial charge in [0.15, 0.2) is 5.60 Å². The molecule has 10 heteroatoms. The van der Waals surface area contributed by atoms with Crippen molar-refractivity contribution in [3.05, 3.63) is 53.1 Å². The van der Waals surface area contributed by atoms with Gasteiger partial charge in [-0.2, -0.15) is 13.2 Å². The summed E-state index contributed by atoms with van der Waals surface area (Å²) in [6, 6.07) is 9.73. The molecule has 1 saturated carbocycles. The van der Waals surface area contributed by atoms with E-state index in [0.717, 1.165) is 35.9 Å². The van der Waals surface area contributed by atoms with Crippen LogP contribution in [0.1, 0.15) is 68.6 Å². The number of alkyl halides is 3. The molecule has 3 heterocycles. The van der Waals surface area contributed by atoms with E-state index in [1.807, 2.05) is 13.0 Å². The van der Waals surface area contributed by atoms with E-state index in [0.29, 0.717) is 69.9 Å². The van der Waals surface area contributed by atoms with Crippen molar-refractivity contribution in [1.82, 2.24) is 9.80 Å². The van der Waals surface area contributed by atoms with Crippen LogP contribution in [0.4, 0.5) is 13.2 Å². The molecular formula is C31H36F3N3O4. The number of piperidine rings is 1. The molecule has 3 aliphatic heterocycles. The molecule has 220 valence electrons. The Labute approximate surface area is 237 Å². The summed E-state index contributed by atoms with van der Waals surface area (Å²) in [5.41, 5.74) is 0.965. The molecule has 0 bridgehead atoms. The van der Waals surface area contributed by atoms with E-state index in [1.165, 1.54) is 6.07 Å². The van der Waals surface area contributed by atoms with Crippen LogP contribution >= 0.6 is 0 Å². The minimum atomic E-state index is -4.46. The molecule has 1 spiro atoms. The lowest BCUT2D eigenvalue weighted by atomic mass is 9.80. The van der Waals surface area contributed by atoms with Gasteiger partial charge in [0.25, 0.3) is 0 Å². The first-order valence-electron chi connectivity index (χ1n) is 14.4. The first-order valence-corrected chi connectivity index (χ1v) is 14.4. The number of carbonyl (C=O) groups is 1. The van der Waals surface area contributed by atoms with Crippen LogP contribution < -0.4 is 4.74 Å². The number of benzene rings is 2. The molecule has 0 unspecified atom stereocenters. The lowest BCUT2D eigenvalue weighted by Crippen LogP contribution is -2.61. The average Bonchev–Trinajstić information content (AvgIpc) is 3.67. The van der Waals surface area contributed by atoms with E-state index < -0.39 is 23.1 Å². The molecule has 0 aromatic heterocycles. The number of oxime groups is 1. The van der Waals surface area contributed by atoms with Crippen LogP contribution in [0.15, 0.2) is 41.6 Å². The Hall–Kier alpha value is -3.27. The second-order valence-corrected chi connectivity index (χ2v) is 12.3.